The van der Waals surface area contributed by atoms with Crippen molar-refractivity contribution in [2.75, 3.05) is 4.90 Å². The van der Waals surface area contributed by atoms with E-state index in [2.05, 4.69) is 37.2 Å². The molecule has 3 aromatic rings. The number of carbonyl (C=O) groups is 4. The number of barbiturate groups is 1. The summed E-state index contributed by atoms with van der Waals surface area (Å²) in [5.41, 5.74) is 1.34. The number of aromatic hydroxyl groups is 1. The van der Waals surface area contributed by atoms with E-state index in [-0.39, 0.29) is 29.2 Å². The molecule has 0 aliphatic carbocycles. The van der Waals surface area contributed by atoms with Gasteiger partial charge in [0.15, 0.2) is 0 Å². The molecule has 0 aromatic heterocycles. The lowest BCUT2D eigenvalue weighted by Gasteiger charge is -2.26. The van der Waals surface area contributed by atoms with Crippen LogP contribution in [0.4, 0.5) is 10.5 Å². The summed E-state index contributed by atoms with van der Waals surface area (Å²) in [6.07, 6.45) is 1.35. The number of ether oxygens (including phenoxy) is 1. The summed E-state index contributed by atoms with van der Waals surface area (Å²) in [5, 5.41) is 20.6. The van der Waals surface area contributed by atoms with Crippen molar-refractivity contribution in [3.8, 4) is 11.5 Å². The molecule has 1 heterocycles. The Kier molecular flexibility index (Phi) is 7.22. The van der Waals surface area contributed by atoms with Gasteiger partial charge in [-0.2, -0.15) is 0 Å². The number of carboxylic acid groups (broad SMARTS) is 1. The Labute approximate surface area is 221 Å². The molecule has 3 aromatic carbocycles. The third-order valence-corrected chi connectivity index (χ3v) is 6.30. The molecule has 1 aliphatic heterocycles. The van der Waals surface area contributed by atoms with E-state index >= 15 is 0 Å². The molecule has 182 valence electrons. The predicted octanol–water partition coefficient (Wildman–Crippen LogP) is 4.86. The highest BCUT2D eigenvalue weighted by atomic mass is 79.9. The Balaban J connectivity index is 1.57. The molecule has 4 rings (SSSR count). The summed E-state index contributed by atoms with van der Waals surface area (Å²) >= 11 is 6.85. The summed E-state index contributed by atoms with van der Waals surface area (Å²) in [5.74, 6) is -2.24. The molecule has 0 unspecified atom stereocenters. The number of aromatic carboxylic acids is 1. The summed E-state index contributed by atoms with van der Waals surface area (Å²) < 4.78 is 6.92. The monoisotopic (exact) mass is 614 g/mol. The smallest absolute Gasteiger partial charge is 0.335 e. The summed E-state index contributed by atoms with van der Waals surface area (Å²) in [6, 6.07) is 14.1. The van der Waals surface area contributed by atoms with Crippen LogP contribution in [0.1, 0.15) is 21.5 Å². The summed E-state index contributed by atoms with van der Waals surface area (Å²) in [6.45, 7) is 0.169. The van der Waals surface area contributed by atoms with E-state index in [0.29, 0.717) is 20.3 Å². The standard InChI is InChI=1S/C25H16Br2N2O7/c26-19-10-14(11-20(27)21(19)36-12-13-1-3-15(4-2-13)24(33)34)9-18-22(31)28-25(35)29(23(18)32)16-5-7-17(30)8-6-16/h1-11,30H,12H2,(H,33,34)(H,28,31,35)/b18-9+. The van der Waals surface area contributed by atoms with Gasteiger partial charge in [-0.15, -0.1) is 0 Å². The van der Waals surface area contributed by atoms with Crippen LogP contribution in [0.2, 0.25) is 0 Å². The zero-order valence-corrected chi connectivity index (χ0v) is 21.4. The minimum atomic E-state index is -1.02. The van der Waals surface area contributed by atoms with Crippen LogP contribution in [0.5, 0.6) is 11.5 Å². The second kappa shape index (κ2) is 10.3. The van der Waals surface area contributed by atoms with Crippen LogP contribution in [0, 0.1) is 0 Å². The number of hydrogen-bond acceptors (Lipinski definition) is 6. The van der Waals surface area contributed by atoms with Crippen molar-refractivity contribution in [2.24, 2.45) is 0 Å². The van der Waals surface area contributed by atoms with Gasteiger partial charge in [-0.25, -0.2) is 14.5 Å². The molecule has 9 nitrogen and oxygen atoms in total. The van der Waals surface area contributed by atoms with Crippen molar-refractivity contribution in [3.05, 3.63) is 91.9 Å². The highest BCUT2D eigenvalue weighted by Crippen LogP contribution is 2.36. The SMILES string of the molecule is O=C1NC(=O)N(c2ccc(O)cc2)C(=O)/C1=C/c1cc(Br)c(OCc2ccc(C(=O)O)cc2)c(Br)c1. The number of nitrogens with zero attached hydrogens (tertiary/aromatic N) is 1. The van der Waals surface area contributed by atoms with Crippen LogP contribution < -0.4 is 15.0 Å². The zero-order valence-electron chi connectivity index (χ0n) is 18.2. The van der Waals surface area contributed by atoms with Gasteiger partial charge in [0, 0.05) is 0 Å². The number of imide groups is 2. The number of phenols is 1. The minimum Gasteiger partial charge on any atom is -0.508 e. The van der Waals surface area contributed by atoms with Crippen LogP contribution in [0.25, 0.3) is 6.08 Å². The fraction of sp³-hybridized carbons (Fsp3) is 0.0400. The normalized spacial score (nSPS) is 14.7. The van der Waals surface area contributed by atoms with Crippen molar-refractivity contribution in [3.63, 3.8) is 0 Å². The first-order chi connectivity index (χ1) is 17.1. The molecule has 36 heavy (non-hydrogen) atoms. The number of amides is 4. The van der Waals surface area contributed by atoms with E-state index in [4.69, 9.17) is 9.84 Å². The predicted molar refractivity (Wildman–Crippen MR) is 137 cm³/mol. The zero-order chi connectivity index (χ0) is 26.0. The van der Waals surface area contributed by atoms with Crippen molar-refractivity contribution in [1.82, 2.24) is 5.32 Å². The molecular formula is C25H16Br2N2O7. The Hall–Kier alpha value is -3.96. The summed E-state index contributed by atoms with van der Waals surface area (Å²) in [4.78, 5) is 49.6. The minimum absolute atomic E-state index is 0.0373. The molecule has 4 amide bonds. The number of anilines is 1. The molecule has 1 saturated heterocycles. The van der Waals surface area contributed by atoms with Gasteiger partial charge in [-0.05, 0) is 97.6 Å². The number of halogens is 2. The third-order valence-electron chi connectivity index (χ3n) is 5.13. The number of urea groups is 1. The van der Waals surface area contributed by atoms with Crippen LogP contribution in [-0.4, -0.2) is 34.0 Å². The van der Waals surface area contributed by atoms with Gasteiger partial charge in [-0.1, -0.05) is 12.1 Å². The second-order valence-corrected chi connectivity index (χ2v) is 9.29. The Morgan fingerprint density at radius 3 is 2.17 bits per heavy atom. The average molecular weight is 616 g/mol. The van der Waals surface area contributed by atoms with Crippen molar-refractivity contribution < 1.29 is 34.1 Å². The van der Waals surface area contributed by atoms with Gasteiger partial charge in [0.2, 0.25) is 0 Å². The maximum Gasteiger partial charge on any atom is 0.335 e. The maximum absolute atomic E-state index is 13.0. The quantitative estimate of drug-likeness (QED) is 0.266. The summed E-state index contributed by atoms with van der Waals surface area (Å²) in [7, 11) is 0. The lowest BCUT2D eigenvalue weighted by atomic mass is 10.1. The van der Waals surface area contributed by atoms with E-state index < -0.39 is 23.8 Å². The van der Waals surface area contributed by atoms with Crippen molar-refractivity contribution in [1.29, 1.82) is 0 Å². The lowest BCUT2D eigenvalue weighted by molar-refractivity contribution is -0.122. The second-order valence-electron chi connectivity index (χ2n) is 7.58. The van der Waals surface area contributed by atoms with E-state index in [1.807, 2.05) is 0 Å². The van der Waals surface area contributed by atoms with E-state index in [1.54, 1.807) is 24.3 Å². The molecule has 0 atom stereocenters. The molecule has 1 fully saturated rings. The largest absolute Gasteiger partial charge is 0.508 e. The van der Waals surface area contributed by atoms with Gasteiger partial charge >= 0.3 is 12.0 Å². The Bertz CT molecular complexity index is 1390. The fourth-order valence-electron chi connectivity index (χ4n) is 3.36. The van der Waals surface area contributed by atoms with E-state index in [0.717, 1.165) is 10.5 Å². The molecule has 1 aliphatic rings. The highest BCUT2D eigenvalue weighted by Gasteiger charge is 2.36. The van der Waals surface area contributed by atoms with Crippen LogP contribution in [0.3, 0.4) is 0 Å². The van der Waals surface area contributed by atoms with Gasteiger partial charge in [0.25, 0.3) is 11.8 Å². The highest BCUT2D eigenvalue weighted by molar-refractivity contribution is 9.11. The number of rotatable bonds is 6. The first kappa shape index (κ1) is 25.1. The number of phenolic OH excluding ortho intramolecular Hbond substituents is 1. The molecule has 3 N–H and O–H groups in total. The van der Waals surface area contributed by atoms with Crippen LogP contribution in [0.15, 0.2) is 75.2 Å². The molecule has 0 saturated carbocycles. The van der Waals surface area contributed by atoms with Crippen LogP contribution >= 0.6 is 31.9 Å². The average Bonchev–Trinajstić information content (AvgIpc) is 2.82. The first-order valence-corrected chi connectivity index (χ1v) is 11.9. The van der Waals surface area contributed by atoms with Crippen molar-refractivity contribution >= 4 is 67.4 Å². The fourth-order valence-corrected chi connectivity index (χ4v) is 4.81. The molecule has 0 bridgehead atoms. The number of carboxylic acids is 1. The molecule has 0 spiro atoms. The Morgan fingerprint density at radius 1 is 0.972 bits per heavy atom. The first-order valence-electron chi connectivity index (χ1n) is 10.3. The van der Waals surface area contributed by atoms with Crippen LogP contribution in [-0.2, 0) is 16.2 Å². The molecule has 11 heteroatoms. The third kappa shape index (κ3) is 5.31. The number of nitrogens with one attached hydrogen (secondary N) is 1. The van der Waals surface area contributed by atoms with Gasteiger partial charge in [0.05, 0.1) is 20.2 Å². The van der Waals surface area contributed by atoms with Gasteiger partial charge in [-0.3, -0.25) is 14.9 Å². The topological polar surface area (TPSA) is 133 Å². The van der Waals surface area contributed by atoms with E-state index in [1.165, 1.54) is 42.5 Å². The van der Waals surface area contributed by atoms with Crippen molar-refractivity contribution in [2.45, 2.75) is 6.61 Å². The molecule has 0 radical (unpaired) electrons. The maximum atomic E-state index is 13.0. The number of benzene rings is 3. The van der Waals surface area contributed by atoms with Gasteiger partial charge < -0.3 is 14.9 Å². The number of carbonyl (C=O) groups excluding carboxylic acids is 3. The number of hydrogen-bond donors (Lipinski definition) is 3. The van der Waals surface area contributed by atoms with E-state index in [9.17, 15) is 24.3 Å². The Morgan fingerprint density at radius 2 is 1.58 bits per heavy atom. The van der Waals surface area contributed by atoms with Gasteiger partial charge in [0.1, 0.15) is 23.7 Å². The lowest BCUT2D eigenvalue weighted by Crippen LogP contribution is -2.54. The molecular weight excluding hydrogens is 600 g/mol.